The lowest BCUT2D eigenvalue weighted by Gasteiger charge is -2.23. The Morgan fingerprint density at radius 2 is 1.71 bits per heavy atom. The molecule has 0 aliphatic carbocycles. The summed E-state index contributed by atoms with van der Waals surface area (Å²) in [7, 11) is -2.37. The highest BCUT2D eigenvalue weighted by Gasteiger charge is 2.27. The van der Waals surface area contributed by atoms with Crippen LogP contribution in [0.2, 0.25) is 0 Å². The van der Waals surface area contributed by atoms with Crippen molar-refractivity contribution >= 4 is 21.6 Å². The van der Waals surface area contributed by atoms with Gasteiger partial charge < -0.3 is 10.1 Å². The van der Waals surface area contributed by atoms with Crippen LogP contribution in [0, 0.1) is 13.8 Å². The van der Waals surface area contributed by atoms with Crippen molar-refractivity contribution in [1.29, 1.82) is 0 Å². The van der Waals surface area contributed by atoms with Gasteiger partial charge in [-0.3, -0.25) is 4.79 Å². The molecule has 180 valence electrons. The van der Waals surface area contributed by atoms with Crippen molar-refractivity contribution in [2.24, 2.45) is 0 Å². The summed E-state index contributed by atoms with van der Waals surface area (Å²) in [5, 5.41) is 2.95. The van der Waals surface area contributed by atoms with Crippen molar-refractivity contribution < 1.29 is 17.9 Å². The van der Waals surface area contributed by atoms with Crippen LogP contribution in [0.25, 0.3) is 0 Å². The third-order valence-electron chi connectivity index (χ3n) is 5.82. The molecule has 0 unspecified atom stereocenters. The van der Waals surface area contributed by atoms with E-state index in [2.05, 4.69) is 5.32 Å². The number of para-hydroxylation sites is 1. The van der Waals surface area contributed by atoms with Gasteiger partial charge in [-0.2, -0.15) is 4.31 Å². The van der Waals surface area contributed by atoms with Crippen LogP contribution in [0.1, 0.15) is 29.2 Å². The van der Waals surface area contributed by atoms with E-state index < -0.39 is 10.0 Å². The number of amides is 1. The van der Waals surface area contributed by atoms with Crippen LogP contribution in [0.5, 0.6) is 5.75 Å². The number of carbonyl (C=O) groups excluding carboxylic acids is 1. The highest BCUT2D eigenvalue weighted by Crippen LogP contribution is 2.25. The SMILES string of the molecule is CCc1cccc(C)c1NC(=O)CN(CCc1ccccc1)S(=O)(=O)c1ccc(OC)c(C)c1. The average Bonchev–Trinajstić information content (AvgIpc) is 2.83. The highest BCUT2D eigenvalue weighted by atomic mass is 32.2. The van der Waals surface area contributed by atoms with Crippen molar-refractivity contribution in [1.82, 2.24) is 4.31 Å². The summed E-state index contributed by atoms with van der Waals surface area (Å²) < 4.78 is 33.7. The zero-order chi connectivity index (χ0) is 24.7. The van der Waals surface area contributed by atoms with Gasteiger partial charge in [-0.1, -0.05) is 55.5 Å². The first-order valence-corrected chi connectivity index (χ1v) is 12.8. The Balaban J connectivity index is 1.89. The van der Waals surface area contributed by atoms with Crippen molar-refractivity contribution in [3.05, 3.63) is 89.0 Å². The molecule has 0 radical (unpaired) electrons. The molecule has 7 heteroatoms. The number of hydrogen-bond acceptors (Lipinski definition) is 4. The third-order valence-corrected chi connectivity index (χ3v) is 7.66. The van der Waals surface area contributed by atoms with Gasteiger partial charge in [0, 0.05) is 12.2 Å². The number of nitrogens with one attached hydrogen (secondary N) is 1. The molecule has 0 aromatic heterocycles. The van der Waals surface area contributed by atoms with Crippen molar-refractivity contribution in [2.75, 3.05) is 25.5 Å². The first kappa shape index (κ1) is 25.5. The zero-order valence-corrected chi connectivity index (χ0v) is 21.0. The zero-order valence-electron chi connectivity index (χ0n) is 20.2. The number of rotatable bonds is 10. The van der Waals surface area contributed by atoms with Gasteiger partial charge in [0.05, 0.1) is 18.6 Å². The number of nitrogens with zero attached hydrogens (tertiary/aromatic N) is 1. The van der Waals surface area contributed by atoms with E-state index in [0.29, 0.717) is 17.7 Å². The van der Waals surface area contributed by atoms with Crippen LogP contribution in [0.15, 0.2) is 71.6 Å². The molecule has 0 aliphatic rings. The quantitative estimate of drug-likeness (QED) is 0.455. The van der Waals surface area contributed by atoms with Crippen LogP contribution >= 0.6 is 0 Å². The maximum Gasteiger partial charge on any atom is 0.243 e. The molecule has 6 nitrogen and oxygen atoms in total. The maximum atomic E-state index is 13.6. The number of aryl methyl sites for hydroxylation is 3. The number of sulfonamides is 1. The van der Waals surface area contributed by atoms with E-state index in [1.807, 2.05) is 62.4 Å². The van der Waals surface area contributed by atoms with Gasteiger partial charge in [0.2, 0.25) is 15.9 Å². The average molecular weight is 481 g/mol. The Morgan fingerprint density at radius 1 is 0.971 bits per heavy atom. The molecule has 1 amide bonds. The monoisotopic (exact) mass is 480 g/mol. The van der Waals surface area contributed by atoms with Gasteiger partial charge in [0.1, 0.15) is 5.75 Å². The molecule has 3 aromatic carbocycles. The van der Waals surface area contributed by atoms with Crippen LogP contribution in [-0.4, -0.2) is 38.8 Å². The molecule has 0 spiro atoms. The van der Waals surface area contributed by atoms with Crippen LogP contribution in [-0.2, 0) is 27.7 Å². The molecular formula is C27H32N2O4S. The largest absolute Gasteiger partial charge is 0.496 e. The Bertz CT molecular complexity index is 1240. The van der Waals surface area contributed by atoms with Gasteiger partial charge in [-0.15, -0.1) is 0 Å². The standard InChI is InChI=1S/C27H32N2O4S/c1-5-23-13-9-10-20(2)27(23)28-26(30)19-29(17-16-22-11-7-6-8-12-22)34(31,32)24-14-15-25(33-4)21(3)18-24/h6-15,18H,5,16-17,19H2,1-4H3,(H,28,30). The number of benzene rings is 3. The molecule has 1 N–H and O–H groups in total. The Hall–Kier alpha value is -3.16. The molecule has 3 rings (SSSR count). The van der Waals surface area contributed by atoms with Gasteiger partial charge in [0.25, 0.3) is 0 Å². The summed E-state index contributed by atoms with van der Waals surface area (Å²) in [6.45, 7) is 5.65. The van der Waals surface area contributed by atoms with E-state index in [-0.39, 0.29) is 23.9 Å². The fourth-order valence-electron chi connectivity index (χ4n) is 3.88. The number of carbonyl (C=O) groups is 1. The molecule has 34 heavy (non-hydrogen) atoms. The number of hydrogen-bond donors (Lipinski definition) is 1. The maximum absolute atomic E-state index is 13.6. The van der Waals surface area contributed by atoms with E-state index >= 15 is 0 Å². The molecule has 0 heterocycles. The minimum Gasteiger partial charge on any atom is -0.496 e. The third kappa shape index (κ3) is 6.04. The second-order valence-electron chi connectivity index (χ2n) is 8.22. The molecular weight excluding hydrogens is 448 g/mol. The number of methoxy groups -OCH3 is 1. The van der Waals surface area contributed by atoms with E-state index in [1.165, 1.54) is 10.4 Å². The topological polar surface area (TPSA) is 75.7 Å². The summed E-state index contributed by atoms with van der Waals surface area (Å²) in [6.07, 6.45) is 1.26. The molecule has 3 aromatic rings. The minimum absolute atomic E-state index is 0.136. The second kappa shape index (κ2) is 11.3. The predicted octanol–water partition coefficient (Wildman–Crippen LogP) is 4.75. The van der Waals surface area contributed by atoms with Crippen LogP contribution in [0.4, 0.5) is 5.69 Å². The van der Waals surface area contributed by atoms with E-state index in [4.69, 9.17) is 4.74 Å². The molecule has 0 fully saturated rings. The summed E-state index contributed by atoms with van der Waals surface area (Å²) in [4.78, 5) is 13.2. The van der Waals surface area contributed by atoms with E-state index in [9.17, 15) is 13.2 Å². The molecule has 0 bridgehead atoms. The van der Waals surface area contributed by atoms with Crippen LogP contribution < -0.4 is 10.1 Å². The lowest BCUT2D eigenvalue weighted by atomic mass is 10.1. The Kier molecular flexibility index (Phi) is 8.47. The Labute approximate surface area is 202 Å². The first-order chi connectivity index (χ1) is 16.3. The Morgan fingerprint density at radius 3 is 2.35 bits per heavy atom. The van der Waals surface area contributed by atoms with Gasteiger partial charge in [-0.05, 0) is 67.1 Å². The molecule has 0 saturated carbocycles. The van der Waals surface area contributed by atoms with E-state index in [1.54, 1.807) is 26.2 Å². The highest BCUT2D eigenvalue weighted by molar-refractivity contribution is 7.89. The number of anilines is 1. The summed E-state index contributed by atoms with van der Waals surface area (Å²) in [6, 6.07) is 20.2. The minimum atomic E-state index is -3.91. The number of ether oxygens (including phenoxy) is 1. The van der Waals surface area contributed by atoms with Gasteiger partial charge >= 0.3 is 0 Å². The predicted molar refractivity (Wildman–Crippen MR) is 136 cm³/mol. The van der Waals surface area contributed by atoms with Crippen molar-refractivity contribution in [2.45, 2.75) is 38.5 Å². The second-order valence-corrected chi connectivity index (χ2v) is 10.2. The van der Waals surface area contributed by atoms with Gasteiger partial charge in [-0.25, -0.2) is 8.42 Å². The first-order valence-electron chi connectivity index (χ1n) is 11.3. The lowest BCUT2D eigenvalue weighted by molar-refractivity contribution is -0.116. The summed E-state index contributed by atoms with van der Waals surface area (Å²) >= 11 is 0. The normalized spacial score (nSPS) is 11.4. The molecule has 0 aliphatic heterocycles. The van der Waals surface area contributed by atoms with Gasteiger partial charge in [0.15, 0.2) is 0 Å². The fraction of sp³-hybridized carbons (Fsp3) is 0.296. The lowest BCUT2D eigenvalue weighted by Crippen LogP contribution is -2.39. The fourth-order valence-corrected chi connectivity index (χ4v) is 5.37. The van der Waals surface area contributed by atoms with Crippen molar-refractivity contribution in [3.8, 4) is 5.75 Å². The summed E-state index contributed by atoms with van der Waals surface area (Å²) in [5.74, 6) is 0.241. The smallest absolute Gasteiger partial charge is 0.243 e. The van der Waals surface area contributed by atoms with E-state index in [0.717, 1.165) is 28.8 Å². The molecule has 0 saturated heterocycles. The van der Waals surface area contributed by atoms with Crippen molar-refractivity contribution in [3.63, 3.8) is 0 Å². The molecule has 0 atom stereocenters. The van der Waals surface area contributed by atoms with Crippen LogP contribution in [0.3, 0.4) is 0 Å². The summed E-state index contributed by atoms with van der Waals surface area (Å²) in [5.41, 5.74) is 4.41.